The lowest BCUT2D eigenvalue weighted by molar-refractivity contribution is 0.0953. The minimum absolute atomic E-state index is 0.0564. The second-order valence-corrected chi connectivity index (χ2v) is 5.98. The number of aromatic nitrogens is 2. The van der Waals surface area contributed by atoms with Gasteiger partial charge in [0, 0.05) is 35.4 Å². The van der Waals surface area contributed by atoms with Gasteiger partial charge in [0.2, 0.25) is 0 Å². The Hall–Kier alpha value is -2.59. The maximum Gasteiger partial charge on any atom is 0.251 e. The van der Waals surface area contributed by atoms with Gasteiger partial charge in [-0.05, 0) is 35.7 Å². The van der Waals surface area contributed by atoms with Crippen molar-refractivity contribution in [3.63, 3.8) is 0 Å². The van der Waals surface area contributed by atoms with E-state index in [1.165, 1.54) is 0 Å². The maximum absolute atomic E-state index is 12.5. The van der Waals surface area contributed by atoms with Crippen LogP contribution in [-0.2, 0) is 12.8 Å². The van der Waals surface area contributed by atoms with Crippen molar-refractivity contribution in [3.8, 4) is 0 Å². The molecule has 0 atom stereocenters. The molecule has 122 valence electrons. The Morgan fingerprint density at radius 2 is 1.92 bits per heavy atom. The predicted molar refractivity (Wildman–Crippen MR) is 95.3 cm³/mol. The van der Waals surface area contributed by atoms with Crippen molar-refractivity contribution in [2.24, 2.45) is 0 Å². The van der Waals surface area contributed by atoms with Gasteiger partial charge in [-0.3, -0.25) is 4.79 Å². The molecular weight excluding hydrogens is 322 g/mol. The minimum atomic E-state index is -0.0564. The maximum atomic E-state index is 12.5. The summed E-state index contributed by atoms with van der Waals surface area (Å²) in [5.74, 6) is -0.0564. The first-order chi connectivity index (χ1) is 11.7. The fraction of sp³-hybridized carbons (Fsp3) is 0.158. The van der Waals surface area contributed by atoms with Crippen LogP contribution in [0, 0.1) is 0 Å². The fourth-order valence-electron chi connectivity index (χ4n) is 2.55. The van der Waals surface area contributed by atoms with E-state index in [1.807, 2.05) is 48.5 Å². The number of carbonyl (C=O) groups excluding carboxylic acids is 1. The molecule has 2 aromatic carbocycles. The third kappa shape index (κ3) is 4.24. The first-order valence-electron chi connectivity index (χ1n) is 7.80. The Morgan fingerprint density at radius 3 is 2.67 bits per heavy atom. The predicted octanol–water partition coefficient (Wildman–Crippen LogP) is 3.63. The number of halogens is 1. The van der Waals surface area contributed by atoms with E-state index in [4.69, 9.17) is 11.6 Å². The van der Waals surface area contributed by atoms with Gasteiger partial charge < -0.3 is 10.3 Å². The van der Waals surface area contributed by atoms with E-state index in [0.717, 1.165) is 23.2 Å². The van der Waals surface area contributed by atoms with Gasteiger partial charge in [0.25, 0.3) is 5.91 Å². The smallest absolute Gasteiger partial charge is 0.251 e. The molecule has 24 heavy (non-hydrogen) atoms. The van der Waals surface area contributed by atoms with Crippen molar-refractivity contribution in [1.29, 1.82) is 0 Å². The lowest BCUT2D eigenvalue weighted by Crippen LogP contribution is -2.26. The van der Waals surface area contributed by atoms with Crippen LogP contribution in [-0.4, -0.2) is 22.4 Å². The second kappa shape index (κ2) is 7.79. The molecule has 0 saturated carbocycles. The molecular formula is C19H18ClN3O. The highest BCUT2D eigenvalue weighted by Crippen LogP contribution is 2.16. The molecule has 0 unspecified atom stereocenters. The molecule has 3 rings (SSSR count). The Balaban J connectivity index is 1.66. The number of nitrogens with one attached hydrogen (secondary N) is 2. The highest BCUT2D eigenvalue weighted by atomic mass is 35.5. The van der Waals surface area contributed by atoms with E-state index in [1.54, 1.807) is 12.5 Å². The van der Waals surface area contributed by atoms with E-state index >= 15 is 0 Å². The molecule has 0 aliphatic carbocycles. The molecule has 1 aromatic heterocycles. The van der Waals surface area contributed by atoms with Crippen molar-refractivity contribution >= 4 is 17.5 Å². The van der Waals surface area contributed by atoms with Crippen LogP contribution >= 0.6 is 11.6 Å². The molecule has 0 radical (unpaired) electrons. The molecule has 0 fully saturated rings. The number of nitrogens with zero attached hydrogens (tertiary/aromatic N) is 1. The van der Waals surface area contributed by atoms with Crippen LogP contribution < -0.4 is 5.32 Å². The van der Waals surface area contributed by atoms with Gasteiger partial charge in [-0.2, -0.15) is 0 Å². The molecule has 5 heteroatoms. The van der Waals surface area contributed by atoms with Crippen LogP contribution in [0.1, 0.15) is 27.2 Å². The number of hydrogen-bond donors (Lipinski definition) is 2. The van der Waals surface area contributed by atoms with E-state index in [2.05, 4.69) is 15.3 Å². The first-order valence-corrected chi connectivity index (χ1v) is 8.18. The lowest BCUT2D eigenvalue weighted by Gasteiger charge is -2.10. The second-order valence-electron chi connectivity index (χ2n) is 5.54. The highest BCUT2D eigenvalue weighted by molar-refractivity contribution is 6.30. The monoisotopic (exact) mass is 339 g/mol. The molecule has 0 aliphatic heterocycles. The topological polar surface area (TPSA) is 57.8 Å². The standard InChI is InChI=1S/C19H18ClN3O/c20-16-7-5-14(6-8-16)11-15-3-1-2-4-18(15)19(24)22-10-9-17-12-21-13-23-17/h1-8,12-13H,9-11H2,(H,21,23)(H,22,24). The lowest BCUT2D eigenvalue weighted by atomic mass is 9.99. The van der Waals surface area contributed by atoms with Crippen molar-refractivity contribution in [2.45, 2.75) is 12.8 Å². The Bertz CT molecular complexity index is 798. The number of amides is 1. The molecule has 1 amide bonds. The van der Waals surface area contributed by atoms with E-state index in [9.17, 15) is 4.79 Å². The highest BCUT2D eigenvalue weighted by Gasteiger charge is 2.11. The van der Waals surface area contributed by atoms with E-state index in [0.29, 0.717) is 23.6 Å². The van der Waals surface area contributed by atoms with Crippen LogP contribution in [0.5, 0.6) is 0 Å². The van der Waals surface area contributed by atoms with E-state index < -0.39 is 0 Å². The largest absolute Gasteiger partial charge is 0.352 e. The average Bonchev–Trinajstić information content (AvgIpc) is 3.11. The number of H-pyrrole nitrogens is 1. The Labute approximate surface area is 145 Å². The number of imidazole rings is 1. The number of benzene rings is 2. The fourth-order valence-corrected chi connectivity index (χ4v) is 2.67. The Kier molecular flexibility index (Phi) is 5.29. The van der Waals surface area contributed by atoms with Gasteiger partial charge in [0.1, 0.15) is 0 Å². The first kappa shape index (κ1) is 16.3. The number of aromatic amines is 1. The zero-order chi connectivity index (χ0) is 16.8. The zero-order valence-electron chi connectivity index (χ0n) is 13.1. The molecule has 2 N–H and O–H groups in total. The third-order valence-electron chi connectivity index (χ3n) is 3.80. The average molecular weight is 340 g/mol. The molecule has 1 heterocycles. The quantitative estimate of drug-likeness (QED) is 0.720. The summed E-state index contributed by atoms with van der Waals surface area (Å²) < 4.78 is 0. The van der Waals surface area contributed by atoms with Crippen LogP contribution in [0.3, 0.4) is 0 Å². The zero-order valence-corrected chi connectivity index (χ0v) is 13.9. The van der Waals surface area contributed by atoms with Crippen LogP contribution in [0.25, 0.3) is 0 Å². The SMILES string of the molecule is O=C(NCCc1cnc[nH]1)c1ccccc1Cc1ccc(Cl)cc1. The summed E-state index contributed by atoms with van der Waals surface area (Å²) in [5, 5.41) is 3.68. The number of hydrogen-bond acceptors (Lipinski definition) is 2. The Morgan fingerprint density at radius 1 is 1.12 bits per heavy atom. The molecule has 0 bridgehead atoms. The van der Waals surface area contributed by atoms with Crippen LogP contribution in [0.15, 0.2) is 61.1 Å². The van der Waals surface area contributed by atoms with Crippen LogP contribution in [0.4, 0.5) is 0 Å². The van der Waals surface area contributed by atoms with Gasteiger partial charge in [-0.25, -0.2) is 4.98 Å². The summed E-state index contributed by atoms with van der Waals surface area (Å²) in [6.45, 7) is 0.566. The van der Waals surface area contributed by atoms with Gasteiger partial charge >= 0.3 is 0 Å². The number of carbonyl (C=O) groups is 1. The third-order valence-corrected chi connectivity index (χ3v) is 4.06. The van der Waals surface area contributed by atoms with E-state index in [-0.39, 0.29) is 5.91 Å². The summed E-state index contributed by atoms with van der Waals surface area (Å²) in [5.41, 5.74) is 3.83. The van der Waals surface area contributed by atoms with Gasteiger partial charge in [0.05, 0.1) is 6.33 Å². The number of rotatable bonds is 6. The summed E-state index contributed by atoms with van der Waals surface area (Å²) in [7, 11) is 0. The van der Waals surface area contributed by atoms with Gasteiger partial charge in [0.15, 0.2) is 0 Å². The van der Waals surface area contributed by atoms with Crippen molar-refractivity contribution in [1.82, 2.24) is 15.3 Å². The molecule has 3 aromatic rings. The molecule has 0 spiro atoms. The van der Waals surface area contributed by atoms with Gasteiger partial charge in [-0.1, -0.05) is 41.9 Å². The van der Waals surface area contributed by atoms with Gasteiger partial charge in [-0.15, -0.1) is 0 Å². The van der Waals surface area contributed by atoms with Crippen molar-refractivity contribution in [3.05, 3.63) is 88.5 Å². The molecule has 4 nitrogen and oxygen atoms in total. The van der Waals surface area contributed by atoms with Crippen molar-refractivity contribution in [2.75, 3.05) is 6.54 Å². The normalized spacial score (nSPS) is 10.5. The summed E-state index contributed by atoms with van der Waals surface area (Å²) in [6.07, 6.45) is 4.83. The summed E-state index contributed by atoms with van der Waals surface area (Å²) >= 11 is 5.92. The van der Waals surface area contributed by atoms with Crippen molar-refractivity contribution < 1.29 is 4.79 Å². The molecule has 0 aliphatic rings. The van der Waals surface area contributed by atoms with Crippen LogP contribution in [0.2, 0.25) is 5.02 Å². The minimum Gasteiger partial charge on any atom is -0.352 e. The molecule has 0 saturated heterocycles. The summed E-state index contributed by atoms with van der Waals surface area (Å²) in [4.78, 5) is 19.5. The summed E-state index contributed by atoms with van der Waals surface area (Å²) in [6, 6.07) is 15.4.